The topological polar surface area (TPSA) is 41.6 Å². The molecule has 4 nitrogen and oxygen atoms in total. The molecule has 0 spiro atoms. The number of likely N-dealkylation sites (tertiary alicyclic amines) is 1. The van der Waals surface area contributed by atoms with E-state index in [1.165, 1.54) is 32.1 Å². The molecule has 128 valence electrons. The van der Waals surface area contributed by atoms with Gasteiger partial charge in [-0.05, 0) is 58.4 Å². The van der Waals surface area contributed by atoms with Crippen LogP contribution in [-0.2, 0) is 9.53 Å². The number of esters is 1. The summed E-state index contributed by atoms with van der Waals surface area (Å²) in [6.45, 7) is 11.6. The van der Waals surface area contributed by atoms with Gasteiger partial charge in [0.25, 0.3) is 0 Å². The number of nitrogens with zero attached hydrogens (tertiary/aromatic N) is 1. The first-order valence-electron chi connectivity index (χ1n) is 8.99. The number of nitrogens with one attached hydrogen (secondary N) is 1. The summed E-state index contributed by atoms with van der Waals surface area (Å²) in [5, 5.41) is 3.75. The second kappa shape index (κ2) is 7.78. The van der Waals surface area contributed by atoms with E-state index in [9.17, 15) is 4.79 Å². The van der Waals surface area contributed by atoms with E-state index in [1.807, 2.05) is 20.8 Å². The minimum absolute atomic E-state index is 0.101. The van der Waals surface area contributed by atoms with Crippen molar-refractivity contribution in [2.75, 3.05) is 26.2 Å². The van der Waals surface area contributed by atoms with Gasteiger partial charge in [0.05, 0.1) is 6.54 Å². The number of rotatable bonds is 5. The lowest BCUT2D eigenvalue weighted by Crippen LogP contribution is -2.51. The Morgan fingerprint density at radius 2 is 1.91 bits per heavy atom. The van der Waals surface area contributed by atoms with Crippen LogP contribution in [0.1, 0.15) is 59.8 Å². The van der Waals surface area contributed by atoms with Crippen molar-refractivity contribution >= 4 is 5.97 Å². The second-order valence-electron chi connectivity index (χ2n) is 8.38. The fraction of sp³-hybridized carbons (Fsp3) is 0.944. The molecule has 0 aromatic carbocycles. The fourth-order valence-electron chi connectivity index (χ4n) is 3.84. The number of piperidine rings is 1. The first kappa shape index (κ1) is 17.7. The van der Waals surface area contributed by atoms with Crippen molar-refractivity contribution in [1.29, 1.82) is 0 Å². The van der Waals surface area contributed by atoms with Gasteiger partial charge in [0.1, 0.15) is 5.60 Å². The molecule has 0 aromatic heterocycles. The third-order valence-corrected chi connectivity index (χ3v) is 4.68. The SMILES string of the molecule is CC1CC(NCC2CCCC2)CN(CC(=O)OC(C)(C)C)C1. The molecular weight excluding hydrogens is 276 g/mol. The molecule has 22 heavy (non-hydrogen) atoms. The third-order valence-electron chi connectivity index (χ3n) is 4.68. The smallest absolute Gasteiger partial charge is 0.320 e. The molecule has 0 radical (unpaired) electrons. The lowest BCUT2D eigenvalue weighted by Gasteiger charge is -2.37. The Hall–Kier alpha value is -0.610. The quantitative estimate of drug-likeness (QED) is 0.793. The highest BCUT2D eigenvalue weighted by molar-refractivity contribution is 5.72. The predicted molar refractivity (Wildman–Crippen MR) is 89.8 cm³/mol. The van der Waals surface area contributed by atoms with Crippen LogP contribution in [0.3, 0.4) is 0 Å². The van der Waals surface area contributed by atoms with Gasteiger partial charge in [0.2, 0.25) is 0 Å². The van der Waals surface area contributed by atoms with Gasteiger partial charge in [-0.15, -0.1) is 0 Å². The summed E-state index contributed by atoms with van der Waals surface area (Å²) < 4.78 is 5.45. The van der Waals surface area contributed by atoms with Crippen LogP contribution in [-0.4, -0.2) is 48.7 Å². The summed E-state index contributed by atoms with van der Waals surface area (Å²) >= 11 is 0. The van der Waals surface area contributed by atoms with Gasteiger partial charge in [-0.1, -0.05) is 19.8 Å². The Morgan fingerprint density at radius 1 is 1.23 bits per heavy atom. The number of ether oxygens (including phenoxy) is 1. The van der Waals surface area contributed by atoms with Crippen molar-refractivity contribution in [2.45, 2.75) is 71.4 Å². The van der Waals surface area contributed by atoms with E-state index in [4.69, 9.17) is 4.74 Å². The Labute approximate surface area is 136 Å². The van der Waals surface area contributed by atoms with Crippen molar-refractivity contribution < 1.29 is 9.53 Å². The average Bonchev–Trinajstić information content (AvgIpc) is 2.86. The summed E-state index contributed by atoms with van der Waals surface area (Å²) in [5.41, 5.74) is -0.390. The minimum Gasteiger partial charge on any atom is -0.459 e. The minimum atomic E-state index is -0.390. The summed E-state index contributed by atoms with van der Waals surface area (Å²) in [7, 11) is 0. The predicted octanol–water partition coefficient (Wildman–Crippen LogP) is 2.82. The van der Waals surface area contributed by atoms with Gasteiger partial charge in [0.15, 0.2) is 0 Å². The number of hydrogen-bond acceptors (Lipinski definition) is 4. The molecule has 1 saturated carbocycles. The zero-order valence-electron chi connectivity index (χ0n) is 14.9. The maximum Gasteiger partial charge on any atom is 0.320 e. The normalized spacial score (nSPS) is 28.0. The lowest BCUT2D eigenvalue weighted by atomic mass is 9.95. The fourth-order valence-corrected chi connectivity index (χ4v) is 3.84. The zero-order chi connectivity index (χ0) is 16.2. The van der Waals surface area contributed by atoms with Crippen LogP contribution in [0.15, 0.2) is 0 Å². The molecule has 1 N–H and O–H groups in total. The van der Waals surface area contributed by atoms with Gasteiger partial charge in [0, 0.05) is 19.1 Å². The number of carbonyl (C=O) groups excluding carboxylic acids is 1. The molecule has 1 aliphatic carbocycles. The average molecular weight is 310 g/mol. The molecule has 2 fully saturated rings. The monoisotopic (exact) mass is 310 g/mol. The van der Waals surface area contributed by atoms with Crippen LogP contribution in [0.4, 0.5) is 0 Å². The molecule has 1 aliphatic heterocycles. The Balaban J connectivity index is 1.76. The molecule has 2 atom stereocenters. The molecule has 1 saturated heterocycles. The Bertz CT molecular complexity index is 359. The third kappa shape index (κ3) is 6.25. The summed E-state index contributed by atoms with van der Waals surface area (Å²) in [6.07, 6.45) is 6.79. The van der Waals surface area contributed by atoms with Gasteiger partial charge in [-0.2, -0.15) is 0 Å². The van der Waals surface area contributed by atoms with Crippen LogP contribution in [0.5, 0.6) is 0 Å². The van der Waals surface area contributed by atoms with E-state index < -0.39 is 5.60 Å². The molecule has 2 aliphatic rings. The molecule has 2 rings (SSSR count). The van der Waals surface area contributed by atoms with Crippen molar-refractivity contribution in [2.24, 2.45) is 11.8 Å². The van der Waals surface area contributed by atoms with E-state index in [2.05, 4.69) is 17.1 Å². The lowest BCUT2D eigenvalue weighted by molar-refractivity contribution is -0.156. The van der Waals surface area contributed by atoms with Crippen molar-refractivity contribution in [1.82, 2.24) is 10.2 Å². The van der Waals surface area contributed by atoms with Gasteiger partial charge >= 0.3 is 5.97 Å². The summed E-state index contributed by atoms with van der Waals surface area (Å²) in [4.78, 5) is 14.3. The first-order chi connectivity index (χ1) is 10.3. The van der Waals surface area contributed by atoms with Crippen LogP contribution >= 0.6 is 0 Å². The molecule has 0 bridgehead atoms. The van der Waals surface area contributed by atoms with Crippen molar-refractivity contribution in [3.63, 3.8) is 0 Å². The van der Waals surface area contributed by atoms with Crippen LogP contribution in [0.25, 0.3) is 0 Å². The van der Waals surface area contributed by atoms with E-state index in [0.717, 1.165) is 25.6 Å². The Kier molecular flexibility index (Phi) is 6.27. The maximum atomic E-state index is 12.0. The van der Waals surface area contributed by atoms with Crippen LogP contribution in [0.2, 0.25) is 0 Å². The first-order valence-corrected chi connectivity index (χ1v) is 8.99. The van der Waals surface area contributed by atoms with Gasteiger partial charge in [-0.25, -0.2) is 0 Å². The molecule has 0 amide bonds. The number of carbonyl (C=O) groups is 1. The van der Waals surface area contributed by atoms with Gasteiger partial charge < -0.3 is 10.1 Å². The van der Waals surface area contributed by atoms with Gasteiger partial charge in [-0.3, -0.25) is 9.69 Å². The van der Waals surface area contributed by atoms with E-state index in [-0.39, 0.29) is 5.97 Å². The van der Waals surface area contributed by atoms with E-state index in [1.54, 1.807) is 0 Å². The number of hydrogen-bond donors (Lipinski definition) is 1. The molecule has 2 unspecified atom stereocenters. The second-order valence-corrected chi connectivity index (χ2v) is 8.38. The molecule has 4 heteroatoms. The zero-order valence-corrected chi connectivity index (χ0v) is 14.9. The molecule has 1 heterocycles. The van der Waals surface area contributed by atoms with Crippen molar-refractivity contribution in [3.8, 4) is 0 Å². The highest BCUT2D eigenvalue weighted by Gasteiger charge is 2.28. The molecule has 0 aromatic rings. The molecular formula is C18H34N2O2. The van der Waals surface area contributed by atoms with Crippen molar-refractivity contribution in [3.05, 3.63) is 0 Å². The summed E-state index contributed by atoms with van der Waals surface area (Å²) in [5.74, 6) is 1.41. The highest BCUT2D eigenvalue weighted by Crippen LogP contribution is 2.24. The highest BCUT2D eigenvalue weighted by atomic mass is 16.6. The summed E-state index contributed by atoms with van der Waals surface area (Å²) in [6, 6.07) is 0.520. The van der Waals surface area contributed by atoms with Crippen LogP contribution in [0, 0.1) is 11.8 Å². The largest absolute Gasteiger partial charge is 0.459 e. The Morgan fingerprint density at radius 3 is 2.55 bits per heavy atom. The van der Waals surface area contributed by atoms with Crippen LogP contribution < -0.4 is 5.32 Å². The van der Waals surface area contributed by atoms with E-state index in [0.29, 0.717) is 18.5 Å². The van der Waals surface area contributed by atoms with E-state index >= 15 is 0 Å². The maximum absolute atomic E-state index is 12.0. The standard InChI is InChI=1S/C18H34N2O2/c1-14-9-16(19-10-15-7-5-6-8-15)12-20(11-14)13-17(21)22-18(2,3)4/h14-16,19H,5-13H2,1-4H3.